The van der Waals surface area contributed by atoms with Crippen LogP contribution in [0.4, 0.5) is 11.5 Å². The molecule has 1 unspecified atom stereocenters. The molecule has 1 aliphatic heterocycles. The van der Waals surface area contributed by atoms with Crippen LogP contribution in [0, 0.1) is 17.0 Å². The van der Waals surface area contributed by atoms with E-state index >= 15 is 0 Å². The highest BCUT2D eigenvalue weighted by Crippen LogP contribution is 2.34. The monoisotopic (exact) mass is 290 g/mol. The van der Waals surface area contributed by atoms with Crippen molar-refractivity contribution in [1.29, 1.82) is 0 Å². The van der Waals surface area contributed by atoms with E-state index in [1.807, 2.05) is 21.8 Å². The zero-order valence-corrected chi connectivity index (χ0v) is 12.1. The van der Waals surface area contributed by atoms with Gasteiger partial charge in [0.15, 0.2) is 0 Å². The van der Waals surface area contributed by atoms with Crippen molar-refractivity contribution in [3.8, 4) is 0 Å². The number of aryl methyl sites for hydroxylation is 2. The number of hydrogen-bond acceptors (Lipinski definition) is 5. The van der Waals surface area contributed by atoms with Gasteiger partial charge in [-0.1, -0.05) is 0 Å². The summed E-state index contributed by atoms with van der Waals surface area (Å²) in [4.78, 5) is 13.0. The van der Waals surface area contributed by atoms with Crippen LogP contribution in [0.25, 0.3) is 0 Å². The number of nitrogens with zero attached hydrogens (tertiary/aromatic N) is 6. The maximum atomic E-state index is 11.3. The van der Waals surface area contributed by atoms with Crippen LogP contribution in [-0.4, -0.2) is 37.6 Å². The highest BCUT2D eigenvalue weighted by Gasteiger charge is 2.32. The van der Waals surface area contributed by atoms with Gasteiger partial charge in [-0.15, -0.1) is 0 Å². The molecule has 0 radical (unpaired) electrons. The molecule has 2 aromatic rings. The van der Waals surface area contributed by atoms with Crippen molar-refractivity contribution in [3.05, 3.63) is 34.3 Å². The van der Waals surface area contributed by atoms with Crippen molar-refractivity contribution in [2.24, 2.45) is 7.05 Å². The zero-order chi connectivity index (χ0) is 15.0. The fourth-order valence-corrected chi connectivity index (χ4v) is 3.06. The normalized spacial score (nSPS) is 19.0. The van der Waals surface area contributed by atoms with E-state index in [-0.39, 0.29) is 16.7 Å². The van der Waals surface area contributed by atoms with Gasteiger partial charge in [0.25, 0.3) is 0 Å². The summed E-state index contributed by atoms with van der Waals surface area (Å²) in [5, 5.41) is 19.8. The van der Waals surface area contributed by atoms with E-state index < -0.39 is 0 Å². The minimum absolute atomic E-state index is 0.110. The SMILES string of the molecule is Cc1nn(C)c(N2CCCC(n3cccn3)C2)c1[N+](=O)[O-]. The lowest BCUT2D eigenvalue weighted by molar-refractivity contribution is -0.384. The Morgan fingerprint density at radius 2 is 2.29 bits per heavy atom. The molecule has 3 rings (SSSR count). The summed E-state index contributed by atoms with van der Waals surface area (Å²) < 4.78 is 3.54. The van der Waals surface area contributed by atoms with E-state index in [1.165, 1.54) is 0 Å². The molecule has 1 fully saturated rings. The summed E-state index contributed by atoms with van der Waals surface area (Å²) in [5.41, 5.74) is 0.567. The molecule has 0 amide bonds. The predicted molar refractivity (Wildman–Crippen MR) is 77.3 cm³/mol. The Bertz CT molecular complexity index is 648. The average molecular weight is 290 g/mol. The van der Waals surface area contributed by atoms with Crippen LogP contribution in [0.3, 0.4) is 0 Å². The number of piperidine rings is 1. The first-order valence-electron chi connectivity index (χ1n) is 7.00. The van der Waals surface area contributed by atoms with E-state index in [0.29, 0.717) is 18.1 Å². The van der Waals surface area contributed by atoms with Crippen LogP contribution >= 0.6 is 0 Å². The van der Waals surface area contributed by atoms with Crippen LogP contribution < -0.4 is 4.90 Å². The van der Waals surface area contributed by atoms with E-state index in [0.717, 1.165) is 19.4 Å². The standard InChI is InChI=1S/C13H18N6O2/c1-10-12(19(20)21)13(16(2)15-10)17-7-3-5-11(9-17)18-8-4-6-14-18/h4,6,8,11H,3,5,7,9H2,1-2H3. The largest absolute Gasteiger partial charge is 0.349 e. The van der Waals surface area contributed by atoms with E-state index in [2.05, 4.69) is 10.2 Å². The lowest BCUT2D eigenvalue weighted by Crippen LogP contribution is -2.38. The van der Waals surface area contributed by atoms with Gasteiger partial charge in [0.1, 0.15) is 5.69 Å². The molecule has 0 bridgehead atoms. The van der Waals surface area contributed by atoms with Gasteiger partial charge in [-0.05, 0) is 25.8 Å². The number of nitro groups is 1. The highest BCUT2D eigenvalue weighted by atomic mass is 16.6. The Kier molecular flexibility index (Phi) is 3.36. The molecule has 2 aromatic heterocycles. The van der Waals surface area contributed by atoms with Crippen molar-refractivity contribution in [2.75, 3.05) is 18.0 Å². The molecule has 0 saturated carbocycles. The Hall–Kier alpha value is -2.38. The van der Waals surface area contributed by atoms with Crippen LogP contribution in [-0.2, 0) is 7.05 Å². The first-order chi connectivity index (χ1) is 10.1. The van der Waals surface area contributed by atoms with Crippen molar-refractivity contribution in [3.63, 3.8) is 0 Å². The third-order valence-corrected chi connectivity index (χ3v) is 3.94. The second-order valence-corrected chi connectivity index (χ2v) is 5.37. The van der Waals surface area contributed by atoms with Gasteiger partial charge >= 0.3 is 5.69 Å². The molecule has 1 atom stereocenters. The number of hydrogen-bond donors (Lipinski definition) is 0. The van der Waals surface area contributed by atoms with E-state index in [1.54, 1.807) is 24.9 Å². The summed E-state index contributed by atoms with van der Waals surface area (Å²) in [5.74, 6) is 0.592. The summed E-state index contributed by atoms with van der Waals surface area (Å²) in [6.07, 6.45) is 5.71. The average Bonchev–Trinajstić information content (AvgIpc) is 3.06. The Morgan fingerprint density at radius 3 is 2.95 bits per heavy atom. The lowest BCUT2D eigenvalue weighted by Gasteiger charge is -2.33. The van der Waals surface area contributed by atoms with Crippen molar-refractivity contribution in [1.82, 2.24) is 19.6 Å². The Morgan fingerprint density at radius 1 is 1.48 bits per heavy atom. The minimum atomic E-state index is -0.338. The van der Waals surface area contributed by atoms with Gasteiger partial charge in [0.2, 0.25) is 5.82 Å². The predicted octanol–water partition coefficient (Wildman–Crippen LogP) is 1.67. The molecule has 8 heteroatoms. The summed E-state index contributed by atoms with van der Waals surface area (Å²) >= 11 is 0. The van der Waals surface area contributed by atoms with Gasteiger partial charge in [0.05, 0.1) is 11.0 Å². The lowest BCUT2D eigenvalue weighted by atomic mass is 10.1. The van der Waals surface area contributed by atoms with Crippen molar-refractivity contribution in [2.45, 2.75) is 25.8 Å². The van der Waals surface area contributed by atoms with Crippen LogP contribution in [0.1, 0.15) is 24.6 Å². The zero-order valence-electron chi connectivity index (χ0n) is 12.1. The Balaban J connectivity index is 1.92. The van der Waals surface area contributed by atoms with Crippen LogP contribution in [0.15, 0.2) is 18.5 Å². The second-order valence-electron chi connectivity index (χ2n) is 5.37. The number of anilines is 1. The molecular weight excluding hydrogens is 272 g/mol. The quantitative estimate of drug-likeness (QED) is 0.634. The minimum Gasteiger partial charge on any atom is -0.349 e. The summed E-state index contributed by atoms with van der Waals surface area (Å²) in [7, 11) is 1.76. The third kappa shape index (κ3) is 2.37. The van der Waals surface area contributed by atoms with Crippen LogP contribution in [0.2, 0.25) is 0 Å². The highest BCUT2D eigenvalue weighted by molar-refractivity contribution is 5.61. The first-order valence-corrected chi connectivity index (χ1v) is 7.00. The molecule has 0 N–H and O–H groups in total. The molecule has 8 nitrogen and oxygen atoms in total. The third-order valence-electron chi connectivity index (χ3n) is 3.94. The second kappa shape index (κ2) is 5.19. The van der Waals surface area contributed by atoms with E-state index in [9.17, 15) is 10.1 Å². The van der Waals surface area contributed by atoms with Gasteiger partial charge in [0, 0.05) is 32.5 Å². The maximum Gasteiger partial charge on any atom is 0.333 e. The number of rotatable bonds is 3. The topological polar surface area (TPSA) is 82.0 Å². The molecule has 1 saturated heterocycles. The van der Waals surface area contributed by atoms with Crippen molar-refractivity contribution >= 4 is 11.5 Å². The van der Waals surface area contributed by atoms with Gasteiger partial charge in [-0.3, -0.25) is 14.8 Å². The van der Waals surface area contributed by atoms with Gasteiger partial charge < -0.3 is 4.90 Å². The molecule has 0 aliphatic carbocycles. The fourth-order valence-electron chi connectivity index (χ4n) is 3.06. The molecule has 112 valence electrons. The first kappa shape index (κ1) is 13.6. The maximum absolute atomic E-state index is 11.3. The molecular formula is C13H18N6O2. The molecule has 3 heterocycles. The Labute approximate surface area is 122 Å². The van der Waals surface area contributed by atoms with Gasteiger partial charge in [-0.25, -0.2) is 4.68 Å². The fraction of sp³-hybridized carbons (Fsp3) is 0.538. The van der Waals surface area contributed by atoms with E-state index in [4.69, 9.17) is 0 Å². The molecule has 0 spiro atoms. The molecule has 1 aliphatic rings. The van der Waals surface area contributed by atoms with Crippen LogP contribution in [0.5, 0.6) is 0 Å². The summed E-state index contributed by atoms with van der Waals surface area (Å²) in [6, 6.07) is 2.14. The van der Waals surface area contributed by atoms with Gasteiger partial charge in [-0.2, -0.15) is 10.2 Å². The number of aromatic nitrogens is 4. The van der Waals surface area contributed by atoms with Crippen molar-refractivity contribution < 1.29 is 4.92 Å². The smallest absolute Gasteiger partial charge is 0.333 e. The molecule has 21 heavy (non-hydrogen) atoms. The molecule has 0 aromatic carbocycles. The summed E-state index contributed by atoms with van der Waals surface area (Å²) in [6.45, 7) is 3.19.